The molecule has 6 heteroatoms. The van der Waals surface area contributed by atoms with Crippen LogP contribution in [0.25, 0.3) is 0 Å². The number of halogens is 1. The van der Waals surface area contributed by atoms with Gasteiger partial charge >= 0.3 is 0 Å². The van der Waals surface area contributed by atoms with E-state index in [4.69, 9.17) is 0 Å². The molecule has 0 aromatic heterocycles. The summed E-state index contributed by atoms with van der Waals surface area (Å²) in [4.78, 5) is 25.4. The lowest BCUT2D eigenvalue weighted by Gasteiger charge is -2.43. The molecule has 3 aliphatic heterocycles. The number of rotatable bonds is 1. The summed E-state index contributed by atoms with van der Waals surface area (Å²) in [5.41, 5.74) is 0. The first-order valence-electron chi connectivity index (χ1n) is 6.54. The second-order valence-electron chi connectivity index (χ2n) is 5.44. The Morgan fingerprint density at radius 3 is 2.44 bits per heavy atom. The molecule has 2 bridgehead atoms. The van der Waals surface area contributed by atoms with Crippen LogP contribution in [0.1, 0.15) is 25.7 Å². The fourth-order valence-corrected chi connectivity index (χ4v) is 3.22. The fourth-order valence-electron chi connectivity index (χ4n) is 3.22. The van der Waals surface area contributed by atoms with E-state index in [0.717, 1.165) is 13.1 Å². The van der Waals surface area contributed by atoms with E-state index in [1.165, 1.54) is 19.3 Å². The third-order valence-electron chi connectivity index (χ3n) is 4.10. The summed E-state index contributed by atoms with van der Waals surface area (Å²) in [6.07, 6.45) is 3.98. The van der Waals surface area contributed by atoms with Crippen molar-refractivity contribution in [3.8, 4) is 0 Å². The molecule has 0 saturated carbocycles. The van der Waals surface area contributed by atoms with E-state index in [0.29, 0.717) is 25.0 Å². The molecule has 3 aliphatic rings. The minimum atomic E-state index is -0.124. The average Bonchev–Trinajstić information content (AvgIpc) is 2.74. The summed E-state index contributed by atoms with van der Waals surface area (Å²) >= 11 is 0. The molecule has 2 amide bonds. The second-order valence-corrected chi connectivity index (χ2v) is 5.44. The number of likely N-dealkylation sites (tertiary alicyclic amines) is 1. The van der Waals surface area contributed by atoms with Gasteiger partial charge in [0, 0.05) is 38.1 Å². The molecule has 2 N–H and O–H groups in total. The molecule has 3 unspecified atom stereocenters. The third-order valence-corrected chi connectivity index (χ3v) is 4.10. The number of hydrogen-bond donors (Lipinski definition) is 2. The van der Waals surface area contributed by atoms with Crippen LogP contribution in [0.15, 0.2) is 0 Å². The highest BCUT2D eigenvalue weighted by Crippen LogP contribution is 2.22. The molecule has 18 heavy (non-hydrogen) atoms. The zero-order chi connectivity index (χ0) is 11.8. The lowest BCUT2D eigenvalue weighted by molar-refractivity contribution is -0.138. The molecule has 3 heterocycles. The van der Waals surface area contributed by atoms with Crippen LogP contribution >= 0.6 is 12.4 Å². The van der Waals surface area contributed by atoms with Gasteiger partial charge in [-0.3, -0.25) is 9.59 Å². The van der Waals surface area contributed by atoms with Gasteiger partial charge in [-0.25, -0.2) is 0 Å². The monoisotopic (exact) mass is 273 g/mol. The maximum Gasteiger partial charge on any atom is 0.228 e. The van der Waals surface area contributed by atoms with Crippen molar-refractivity contribution in [3.05, 3.63) is 0 Å². The van der Waals surface area contributed by atoms with Gasteiger partial charge < -0.3 is 15.5 Å². The molecule has 102 valence electrons. The van der Waals surface area contributed by atoms with E-state index >= 15 is 0 Å². The Morgan fingerprint density at radius 2 is 1.89 bits per heavy atom. The first kappa shape index (κ1) is 13.6. The van der Waals surface area contributed by atoms with Crippen LogP contribution in [0.3, 0.4) is 0 Å². The Kier molecular flexibility index (Phi) is 4.12. The van der Waals surface area contributed by atoms with E-state index in [1.807, 2.05) is 4.90 Å². The minimum absolute atomic E-state index is 0. The predicted molar refractivity (Wildman–Crippen MR) is 69.5 cm³/mol. The minimum Gasteiger partial charge on any atom is -0.355 e. The summed E-state index contributed by atoms with van der Waals surface area (Å²) in [5.74, 6) is 0.0572. The van der Waals surface area contributed by atoms with Gasteiger partial charge in [0.25, 0.3) is 0 Å². The van der Waals surface area contributed by atoms with Gasteiger partial charge in [-0.15, -0.1) is 12.4 Å². The second kappa shape index (κ2) is 5.45. The van der Waals surface area contributed by atoms with Crippen molar-refractivity contribution < 1.29 is 9.59 Å². The largest absolute Gasteiger partial charge is 0.355 e. The van der Waals surface area contributed by atoms with Gasteiger partial charge in [-0.2, -0.15) is 0 Å². The molecule has 0 radical (unpaired) electrons. The number of nitrogens with one attached hydrogen (secondary N) is 2. The Balaban J connectivity index is 0.00000120. The third kappa shape index (κ3) is 2.62. The van der Waals surface area contributed by atoms with Crippen LogP contribution in [0, 0.1) is 5.92 Å². The van der Waals surface area contributed by atoms with Crippen molar-refractivity contribution in [1.29, 1.82) is 0 Å². The van der Waals surface area contributed by atoms with Crippen molar-refractivity contribution in [2.75, 3.05) is 19.6 Å². The highest BCUT2D eigenvalue weighted by atomic mass is 35.5. The van der Waals surface area contributed by atoms with E-state index in [-0.39, 0.29) is 30.1 Å². The molecule has 0 spiro atoms. The van der Waals surface area contributed by atoms with Crippen molar-refractivity contribution in [2.45, 2.75) is 37.8 Å². The van der Waals surface area contributed by atoms with Crippen LogP contribution in [-0.2, 0) is 9.59 Å². The molecule has 3 fully saturated rings. The summed E-state index contributed by atoms with van der Waals surface area (Å²) in [5, 5.41) is 6.30. The molecule has 3 rings (SSSR count). The molecule has 0 aromatic carbocycles. The van der Waals surface area contributed by atoms with Crippen LogP contribution in [0.2, 0.25) is 0 Å². The number of nitrogens with zero attached hydrogens (tertiary/aromatic N) is 1. The van der Waals surface area contributed by atoms with E-state index < -0.39 is 0 Å². The number of carbonyl (C=O) groups excluding carboxylic acids is 2. The summed E-state index contributed by atoms with van der Waals surface area (Å²) in [6.45, 7) is 2.16. The molecule has 3 atom stereocenters. The van der Waals surface area contributed by atoms with Gasteiger partial charge in [0.05, 0.1) is 5.92 Å². The fraction of sp³-hybridized carbons (Fsp3) is 0.833. The SMILES string of the molecule is Cl.O=C1CC(C(=O)N2CC3CCCC(C2)N3)CN1. The first-order chi connectivity index (χ1) is 8.22. The van der Waals surface area contributed by atoms with Gasteiger partial charge in [0.1, 0.15) is 0 Å². The number of hydrogen-bond acceptors (Lipinski definition) is 3. The van der Waals surface area contributed by atoms with Crippen molar-refractivity contribution in [2.24, 2.45) is 5.92 Å². The summed E-state index contributed by atoms with van der Waals surface area (Å²) in [6, 6.07) is 0.938. The predicted octanol–water partition coefficient (Wildman–Crippen LogP) is -0.103. The zero-order valence-electron chi connectivity index (χ0n) is 10.4. The molecule has 3 saturated heterocycles. The van der Waals surface area contributed by atoms with Crippen LogP contribution in [-0.4, -0.2) is 48.4 Å². The Labute approximate surface area is 113 Å². The van der Waals surface area contributed by atoms with Crippen molar-refractivity contribution >= 4 is 24.2 Å². The smallest absolute Gasteiger partial charge is 0.228 e. The van der Waals surface area contributed by atoms with Crippen molar-refractivity contribution in [1.82, 2.24) is 15.5 Å². The van der Waals surface area contributed by atoms with Crippen molar-refractivity contribution in [3.63, 3.8) is 0 Å². The topological polar surface area (TPSA) is 61.4 Å². The van der Waals surface area contributed by atoms with Gasteiger partial charge in [0.15, 0.2) is 0 Å². The Bertz CT molecular complexity index is 338. The van der Waals surface area contributed by atoms with Crippen LogP contribution < -0.4 is 10.6 Å². The quantitative estimate of drug-likeness (QED) is 0.701. The van der Waals surface area contributed by atoms with E-state index in [9.17, 15) is 9.59 Å². The molecule has 5 nitrogen and oxygen atoms in total. The maximum atomic E-state index is 12.3. The summed E-state index contributed by atoms with van der Waals surface area (Å²) < 4.78 is 0. The average molecular weight is 274 g/mol. The van der Waals surface area contributed by atoms with E-state index in [2.05, 4.69) is 10.6 Å². The normalized spacial score (nSPS) is 34.8. The number of carbonyl (C=O) groups is 2. The molecular weight excluding hydrogens is 254 g/mol. The number of piperazine rings is 1. The highest BCUT2D eigenvalue weighted by molar-refractivity contribution is 5.89. The molecule has 0 aromatic rings. The standard InChI is InChI=1S/C12H19N3O2.ClH/c16-11-4-8(5-13-11)12(17)15-6-9-2-1-3-10(7-15)14-9;/h8-10,14H,1-7H2,(H,13,16);1H. The van der Waals surface area contributed by atoms with E-state index in [1.54, 1.807) is 0 Å². The Hall–Kier alpha value is -0.810. The lowest BCUT2D eigenvalue weighted by atomic mass is 9.93. The first-order valence-corrected chi connectivity index (χ1v) is 6.54. The maximum absolute atomic E-state index is 12.3. The van der Waals surface area contributed by atoms with Gasteiger partial charge in [0.2, 0.25) is 11.8 Å². The van der Waals surface area contributed by atoms with Crippen LogP contribution in [0.4, 0.5) is 0 Å². The Morgan fingerprint density at radius 1 is 1.22 bits per heavy atom. The van der Waals surface area contributed by atoms with Crippen LogP contribution in [0.5, 0.6) is 0 Å². The molecular formula is C12H20ClN3O2. The number of amides is 2. The molecule has 0 aliphatic carbocycles. The summed E-state index contributed by atoms with van der Waals surface area (Å²) in [7, 11) is 0. The van der Waals surface area contributed by atoms with Gasteiger partial charge in [-0.05, 0) is 12.8 Å². The highest BCUT2D eigenvalue weighted by Gasteiger charge is 2.36. The number of fused-ring (bicyclic) bond motifs is 2. The lowest BCUT2D eigenvalue weighted by Crippen LogP contribution is -2.60. The van der Waals surface area contributed by atoms with Gasteiger partial charge in [-0.1, -0.05) is 6.42 Å². The zero-order valence-corrected chi connectivity index (χ0v) is 11.2. The number of piperidine rings is 1.